The van der Waals surface area contributed by atoms with Crippen LogP contribution in [0.2, 0.25) is 5.82 Å². The van der Waals surface area contributed by atoms with E-state index in [4.69, 9.17) is 12.6 Å². The van der Waals surface area contributed by atoms with Crippen molar-refractivity contribution in [3.63, 3.8) is 0 Å². The SMILES string of the molecule is [B]C1CCCC2C(CC1)C(CC(C)C)CN(C(C)C)C21COC1. The molecule has 2 radical (unpaired) electrons. The summed E-state index contributed by atoms with van der Waals surface area (Å²) in [7, 11) is 6.33. The van der Waals surface area contributed by atoms with Crippen molar-refractivity contribution in [1.82, 2.24) is 4.90 Å². The average molecular weight is 317 g/mol. The van der Waals surface area contributed by atoms with E-state index in [1.54, 1.807) is 0 Å². The fourth-order valence-corrected chi connectivity index (χ4v) is 5.85. The molecule has 2 saturated heterocycles. The van der Waals surface area contributed by atoms with E-state index in [1.807, 2.05) is 0 Å². The van der Waals surface area contributed by atoms with Crippen molar-refractivity contribution in [2.45, 2.75) is 83.6 Å². The van der Waals surface area contributed by atoms with E-state index in [9.17, 15) is 0 Å². The number of piperidine rings is 1. The van der Waals surface area contributed by atoms with Crippen LogP contribution in [0.3, 0.4) is 0 Å². The maximum atomic E-state index is 6.33. The fraction of sp³-hybridized carbons (Fsp3) is 1.00. The number of likely N-dealkylation sites (tertiary alicyclic amines) is 1. The van der Waals surface area contributed by atoms with Crippen molar-refractivity contribution < 1.29 is 4.74 Å². The Morgan fingerprint density at radius 3 is 2.39 bits per heavy atom. The second-order valence-corrected chi connectivity index (χ2v) is 9.27. The van der Waals surface area contributed by atoms with Gasteiger partial charge in [-0.25, -0.2) is 0 Å². The van der Waals surface area contributed by atoms with Gasteiger partial charge in [0.1, 0.15) is 0 Å². The van der Waals surface area contributed by atoms with E-state index < -0.39 is 0 Å². The highest BCUT2D eigenvalue weighted by atomic mass is 16.5. The normalized spacial score (nSPS) is 38.2. The molecule has 3 rings (SSSR count). The molecule has 2 heterocycles. The van der Waals surface area contributed by atoms with Crippen molar-refractivity contribution in [3.8, 4) is 0 Å². The maximum Gasteiger partial charge on any atom is 0.0712 e. The van der Waals surface area contributed by atoms with Gasteiger partial charge in [-0.15, -0.1) is 0 Å². The maximum absolute atomic E-state index is 6.33. The van der Waals surface area contributed by atoms with Gasteiger partial charge in [-0.3, -0.25) is 4.90 Å². The average Bonchev–Trinajstić information content (AvgIpc) is 2.40. The predicted molar refractivity (Wildman–Crippen MR) is 97.9 cm³/mol. The van der Waals surface area contributed by atoms with Gasteiger partial charge in [-0.2, -0.15) is 0 Å². The van der Waals surface area contributed by atoms with Crippen molar-refractivity contribution in [3.05, 3.63) is 0 Å². The summed E-state index contributed by atoms with van der Waals surface area (Å²) >= 11 is 0. The van der Waals surface area contributed by atoms with E-state index in [-0.39, 0.29) is 0 Å². The minimum atomic E-state index is 0.341. The van der Waals surface area contributed by atoms with Crippen LogP contribution in [0.4, 0.5) is 0 Å². The summed E-state index contributed by atoms with van der Waals surface area (Å²) in [6, 6.07) is 0.627. The van der Waals surface area contributed by atoms with Gasteiger partial charge >= 0.3 is 0 Å². The molecule has 1 saturated carbocycles. The monoisotopic (exact) mass is 317 g/mol. The molecule has 23 heavy (non-hydrogen) atoms. The molecule has 2 nitrogen and oxygen atoms in total. The van der Waals surface area contributed by atoms with Gasteiger partial charge in [-0.1, -0.05) is 45.3 Å². The highest BCUT2D eigenvalue weighted by Crippen LogP contribution is 2.52. The standard InChI is InChI=1S/C20H36BNO/c1-14(2)10-16-11-22(15(3)4)20(12-23-13-20)19-7-5-6-17(21)8-9-18(16)19/h14-19H,5-13H2,1-4H3. The Balaban J connectivity index is 1.88. The highest BCUT2D eigenvalue weighted by molar-refractivity contribution is 6.11. The van der Waals surface area contributed by atoms with Gasteiger partial charge < -0.3 is 4.74 Å². The number of rotatable bonds is 3. The third-order valence-corrected chi connectivity index (χ3v) is 6.88. The second-order valence-electron chi connectivity index (χ2n) is 9.27. The summed E-state index contributed by atoms with van der Waals surface area (Å²) in [6.45, 7) is 12.7. The Bertz CT molecular complexity index is 393. The number of fused-ring (bicyclic) bond motifs is 2. The molecular formula is C20H36BNO. The zero-order chi connectivity index (χ0) is 16.6. The smallest absolute Gasteiger partial charge is 0.0712 e. The Kier molecular flexibility index (Phi) is 5.48. The molecular weight excluding hydrogens is 281 g/mol. The van der Waals surface area contributed by atoms with Crippen LogP contribution >= 0.6 is 0 Å². The molecule has 130 valence electrons. The first-order valence-corrected chi connectivity index (χ1v) is 10.0. The third-order valence-electron chi connectivity index (χ3n) is 6.88. The van der Waals surface area contributed by atoms with Gasteiger partial charge in [0.05, 0.1) is 26.6 Å². The highest BCUT2D eigenvalue weighted by Gasteiger charge is 2.57. The van der Waals surface area contributed by atoms with Crippen molar-refractivity contribution in [1.29, 1.82) is 0 Å². The van der Waals surface area contributed by atoms with Gasteiger partial charge in [0.15, 0.2) is 0 Å². The second kappa shape index (κ2) is 7.08. The minimum absolute atomic E-state index is 0.341. The van der Waals surface area contributed by atoms with Gasteiger partial charge in [0, 0.05) is 12.6 Å². The third kappa shape index (κ3) is 3.38. The van der Waals surface area contributed by atoms with Gasteiger partial charge in [0.2, 0.25) is 0 Å². The molecule has 1 aliphatic carbocycles. The quantitative estimate of drug-likeness (QED) is 0.720. The van der Waals surface area contributed by atoms with Crippen molar-refractivity contribution in [2.24, 2.45) is 23.7 Å². The van der Waals surface area contributed by atoms with Gasteiger partial charge in [-0.05, 0) is 50.4 Å². The largest absolute Gasteiger partial charge is 0.377 e. The summed E-state index contributed by atoms with van der Waals surface area (Å²) in [5.74, 6) is 3.76. The van der Waals surface area contributed by atoms with E-state index in [0.717, 1.165) is 36.9 Å². The van der Waals surface area contributed by atoms with E-state index in [1.165, 1.54) is 45.1 Å². The first kappa shape index (κ1) is 17.8. The molecule has 0 aromatic heterocycles. The first-order chi connectivity index (χ1) is 10.9. The zero-order valence-electron chi connectivity index (χ0n) is 15.8. The molecule has 4 unspecified atom stereocenters. The van der Waals surface area contributed by atoms with Crippen LogP contribution < -0.4 is 0 Å². The lowest BCUT2D eigenvalue weighted by Gasteiger charge is -2.63. The van der Waals surface area contributed by atoms with E-state index in [0.29, 0.717) is 17.4 Å². The van der Waals surface area contributed by atoms with Crippen LogP contribution in [-0.2, 0) is 4.74 Å². The van der Waals surface area contributed by atoms with Crippen LogP contribution in [0.1, 0.15) is 66.2 Å². The lowest BCUT2D eigenvalue weighted by molar-refractivity contribution is -0.222. The molecule has 0 amide bonds. The predicted octanol–water partition coefficient (Wildman–Crippen LogP) is 4.30. The molecule has 0 N–H and O–H groups in total. The Morgan fingerprint density at radius 2 is 1.83 bits per heavy atom. The molecule has 1 spiro atoms. The molecule has 0 aromatic carbocycles. The molecule has 3 fully saturated rings. The molecule has 0 bridgehead atoms. The first-order valence-electron chi connectivity index (χ1n) is 10.0. The lowest BCUT2D eigenvalue weighted by Crippen LogP contribution is -2.73. The number of hydrogen-bond acceptors (Lipinski definition) is 2. The summed E-state index contributed by atoms with van der Waals surface area (Å²) < 4.78 is 5.79. The summed E-state index contributed by atoms with van der Waals surface area (Å²) in [6.07, 6.45) is 7.84. The number of ether oxygens (including phenoxy) is 1. The molecule has 4 atom stereocenters. The summed E-state index contributed by atoms with van der Waals surface area (Å²) in [5, 5.41) is 0. The lowest BCUT2D eigenvalue weighted by atomic mass is 9.58. The number of hydrogen-bond donors (Lipinski definition) is 0. The van der Waals surface area contributed by atoms with Crippen LogP contribution in [0.25, 0.3) is 0 Å². The molecule has 3 heteroatoms. The Labute approximate surface area is 145 Å². The molecule has 3 aliphatic rings. The topological polar surface area (TPSA) is 12.5 Å². The summed E-state index contributed by atoms with van der Waals surface area (Å²) in [4.78, 5) is 2.83. The van der Waals surface area contributed by atoms with E-state index in [2.05, 4.69) is 32.6 Å². The van der Waals surface area contributed by atoms with Crippen LogP contribution in [0.5, 0.6) is 0 Å². The van der Waals surface area contributed by atoms with Crippen molar-refractivity contribution in [2.75, 3.05) is 19.8 Å². The van der Waals surface area contributed by atoms with E-state index >= 15 is 0 Å². The zero-order valence-corrected chi connectivity index (χ0v) is 15.8. The van der Waals surface area contributed by atoms with Gasteiger partial charge in [0.25, 0.3) is 0 Å². The van der Waals surface area contributed by atoms with Crippen molar-refractivity contribution >= 4 is 7.85 Å². The van der Waals surface area contributed by atoms with Crippen LogP contribution in [0.15, 0.2) is 0 Å². The minimum Gasteiger partial charge on any atom is -0.377 e. The fourth-order valence-electron chi connectivity index (χ4n) is 5.85. The molecule has 0 aromatic rings. The van der Waals surface area contributed by atoms with Crippen LogP contribution in [-0.4, -0.2) is 44.1 Å². The Hall–Kier alpha value is -0.0151. The summed E-state index contributed by atoms with van der Waals surface area (Å²) in [5.41, 5.74) is 0.341. The van der Waals surface area contributed by atoms with Crippen LogP contribution in [0, 0.1) is 23.7 Å². The number of nitrogens with zero attached hydrogens (tertiary/aromatic N) is 1. The molecule has 2 aliphatic heterocycles. The Morgan fingerprint density at radius 1 is 1.09 bits per heavy atom.